The van der Waals surface area contributed by atoms with Gasteiger partial charge in [0.1, 0.15) is 11.9 Å². The standard InChI is InChI=1S/C20H19FN2O4/c21-16-8-6-15(7-9-16)19(26)23-11-10-22(13-14-4-2-1-3-5-14)20(27)17(23)12-18(24)25/h1-9,17H,10-13H2,(H,24,25). The Morgan fingerprint density at radius 3 is 2.33 bits per heavy atom. The second kappa shape index (κ2) is 7.99. The van der Waals surface area contributed by atoms with Gasteiger partial charge in [-0.15, -0.1) is 0 Å². The summed E-state index contributed by atoms with van der Waals surface area (Å²) in [6.07, 6.45) is -0.475. The van der Waals surface area contributed by atoms with Crippen LogP contribution in [0.25, 0.3) is 0 Å². The van der Waals surface area contributed by atoms with E-state index < -0.39 is 36.1 Å². The number of amides is 2. The molecule has 0 bridgehead atoms. The lowest BCUT2D eigenvalue weighted by Gasteiger charge is -2.40. The predicted molar refractivity (Wildman–Crippen MR) is 95.3 cm³/mol. The van der Waals surface area contributed by atoms with Crippen molar-refractivity contribution in [2.45, 2.75) is 19.0 Å². The molecule has 7 heteroatoms. The molecule has 6 nitrogen and oxygen atoms in total. The van der Waals surface area contributed by atoms with Gasteiger partial charge in [-0.1, -0.05) is 30.3 Å². The van der Waals surface area contributed by atoms with Crippen molar-refractivity contribution in [2.75, 3.05) is 13.1 Å². The first-order valence-electron chi connectivity index (χ1n) is 8.57. The number of hydrogen-bond donors (Lipinski definition) is 1. The highest BCUT2D eigenvalue weighted by atomic mass is 19.1. The van der Waals surface area contributed by atoms with Gasteiger partial charge in [0.05, 0.1) is 6.42 Å². The van der Waals surface area contributed by atoms with E-state index in [1.165, 1.54) is 17.0 Å². The largest absolute Gasteiger partial charge is 0.481 e. The maximum atomic E-state index is 13.1. The van der Waals surface area contributed by atoms with E-state index in [2.05, 4.69) is 0 Å². The van der Waals surface area contributed by atoms with E-state index in [-0.39, 0.29) is 12.1 Å². The number of aliphatic carboxylic acids is 1. The second-order valence-electron chi connectivity index (χ2n) is 6.36. The smallest absolute Gasteiger partial charge is 0.305 e. The number of carboxylic acid groups (broad SMARTS) is 1. The second-order valence-corrected chi connectivity index (χ2v) is 6.36. The quantitative estimate of drug-likeness (QED) is 0.875. The summed E-state index contributed by atoms with van der Waals surface area (Å²) >= 11 is 0. The molecular formula is C20H19FN2O4. The number of piperazine rings is 1. The molecule has 2 aromatic rings. The third-order valence-electron chi connectivity index (χ3n) is 4.52. The lowest BCUT2D eigenvalue weighted by atomic mass is 10.0. The lowest BCUT2D eigenvalue weighted by Crippen LogP contribution is -2.59. The highest BCUT2D eigenvalue weighted by Gasteiger charge is 2.39. The molecule has 0 aromatic heterocycles. The minimum Gasteiger partial charge on any atom is -0.481 e. The molecule has 2 aromatic carbocycles. The molecule has 0 saturated carbocycles. The fourth-order valence-corrected chi connectivity index (χ4v) is 3.16. The molecule has 140 valence electrons. The molecular weight excluding hydrogens is 351 g/mol. The molecule has 1 atom stereocenters. The van der Waals surface area contributed by atoms with Crippen molar-refractivity contribution in [3.05, 3.63) is 71.5 Å². The minimum atomic E-state index is -1.16. The number of rotatable bonds is 5. The van der Waals surface area contributed by atoms with Gasteiger partial charge in [0.15, 0.2) is 0 Å². The third-order valence-corrected chi connectivity index (χ3v) is 4.52. The molecule has 0 radical (unpaired) electrons. The molecule has 3 rings (SSSR count). The van der Waals surface area contributed by atoms with Crippen molar-refractivity contribution >= 4 is 17.8 Å². The van der Waals surface area contributed by atoms with E-state index in [9.17, 15) is 23.9 Å². The van der Waals surface area contributed by atoms with Gasteiger partial charge in [0.2, 0.25) is 5.91 Å². The van der Waals surface area contributed by atoms with Crippen LogP contribution in [-0.2, 0) is 16.1 Å². The summed E-state index contributed by atoms with van der Waals surface area (Å²) in [6.45, 7) is 0.873. The number of hydrogen-bond acceptors (Lipinski definition) is 3. The number of carbonyl (C=O) groups excluding carboxylic acids is 2. The fourth-order valence-electron chi connectivity index (χ4n) is 3.16. The molecule has 1 heterocycles. The molecule has 0 spiro atoms. The number of halogens is 1. The van der Waals surface area contributed by atoms with E-state index in [0.717, 1.165) is 17.7 Å². The van der Waals surface area contributed by atoms with Gasteiger partial charge in [-0.05, 0) is 29.8 Å². The molecule has 1 unspecified atom stereocenters. The third kappa shape index (κ3) is 4.31. The normalized spacial score (nSPS) is 17.1. The molecule has 1 aliphatic heterocycles. The van der Waals surface area contributed by atoms with E-state index in [0.29, 0.717) is 13.1 Å². The first kappa shape index (κ1) is 18.6. The Bertz CT molecular complexity index is 839. The summed E-state index contributed by atoms with van der Waals surface area (Å²) in [5.74, 6) is -2.51. The zero-order chi connectivity index (χ0) is 19.4. The minimum absolute atomic E-state index is 0.215. The monoisotopic (exact) mass is 370 g/mol. The Kier molecular flexibility index (Phi) is 5.49. The Balaban J connectivity index is 1.81. The zero-order valence-corrected chi connectivity index (χ0v) is 14.5. The van der Waals surface area contributed by atoms with Crippen LogP contribution in [0.15, 0.2) is 54.6 Å². The van der Waals surface area contributed by atoms with Crippen molar-refractivity contribution in [3.8, 4) is 0 Å². The van der Waals surface area contributed by atoms with Gasteiger partial charge in [0.25, 0.3) is 5.91 Å². The van der Waals surface area contributed by atoms with Crippen LogP contribution in [0.3, 0.4) is 0 Å². The average molecular weight is 370 g/mol. The van der Waals surface area contributed by atoms with Crippen LogP contribution in [0.5, 0.6) is 0 Å². The number of carboxylic acids is 1. The van der Waals surface area contributed by atoms with Crippen LogP contribution in [0.2, 0.25) is 0 Å². The van der Waals surface area contributed by atoms with Gasteiger partial charge < -0.3 is 14.9 Å². The Morgan fingerprint density at radius 1 is 1.04 bits per heavy atom. The van der Waals surface area contributed by atoms with Crippen LogP contribution in [0.1, 0.15) is 22.3 Å². The first-order chi connectivity index (χ1) is 13.0. The molecule has 1 fully saturated rings. The first-order valence-corrected chi connectivity index (χ1v) is 8.57. The van der Waals surface area contributed by atoms with Crippen LogP contribution in [0.4, 0.5) is 4.39 Å². The summed E-state index contributed by atoms with van der Waals surface area (Å²) < 4.78 is 13.1. The van der Waals surface area contributed by atoms with E-state index in [1.54, 1.807) is 4.90 Å². The average Bonchev–Trinajstić information content (AvgIpc) is 2.66. The van der Waals surface area contributed by atoms with Crippen LogP contribution < -0.4 is 0 Å². The van der Waals surface area contributed by atoms with Gasteiger partial charge in [-0.3, -0.25) is 14.4 Å². The van der Waals surface area contributed by atoms with Crippen LogP contribution >= 0.6 is 0 Å². The lowest BCUT2D eigenvalue weighted by molar-refractivity contribution is -0.148. The van der Waals surface area contributed by atoms with Gasteiger partial charge in [0, 0.05) is 25.2 Å². The summed E-state index contributed by atoms with van der Waals surface area (Å²) in [7, 11) is 0. The molecule has 1 aliphatic rings. The van der Waals surface area contributed by atoms with Crippen molar-refractivity contribution in [1.29, 1.82) is 0 Å². The Morgan fingerprint density at radius 2 is 1.70 bits per heavy atom. The number of carbonyl (C=O) groups is 3. The van der Waals surface area contributed by atoms with Gasteiger partial charge in [-0.2, -0.15) is 0 Å². The van der Waals surface area contributed by atoms with Gasteiger partial charge >= 0.3 is 5.97 Å². The maximum absolute atomic E-state index is 13.1. The van der Waals surface area contributed by atoms with E-state index >= 15 is 0 Å². The molecule has 0 aliphatic carbocycles. The Hall–Kier alpha value is -3.22. The molecule has 2 amide bonds. The molecule has 1 N–H and O–H groups in total. The van der Waals surface area contributed by atoms with Crippen molar-refractivity contribution < 1.29 is 23.9 Å². The van der Waals surface area contributed by atoms with Crippen molar-refractivity contribution in [1.82, 2.24) is 9.80 Å². The molecule has 1 saturated heterocycles. The Labute approximate surface area is 155 Å². The fraction of sp³-hybridized carbons (Fsp3) is 0.250. The van der Waals surface area contributed by atoms with Gasteiger partial charge in [-0.25, -0.2) is 4.39 Å². The van der Waals surface area contributed by atoms with Crippen LogP contribution in [-0.4, -0.2) is 51.8 Å². The predicted octanol–water partition coefficient (Wildman–Crippen LogP) is 2.15. The molecule has 27 heavy (non-hydrogen) atoms. The number of benzene rings is 2. The van der Waals surface area contributed by atoms with Crippen LogP contribution in [0, 0.1) is 5.82 Å². The zero-order valence-electron chi connectivity index (χ0n) is 14.5. The summed E-state index contributed by atoms with van der Waals surface area (Å²) in [5, 5.41) is 9.21. The summed E-state index contributed by atoms with van der Waals surface area (Å²) in [5.41, 5.74) is 1.15. The van der Waals surface area contributed by atoms with Crippen molar-refractivity contribution in [3.63, 3.8) is 0 Å². The highest BCUT2D eigenvalue weighted by Crippen LogP contribution is 2.20. The number of nitrogens with zero attached hydrogens (tertiary/aromatic N) is 2. The summed E-state index contributed by atoms with van der Waals surface area (Å²) in [4.78, 5) is 39.7. The van der Waals surface area contributed by atoms with Crippen molar-refractivity contribution in [2.24, 2.45) is 0 Å². The van der Waals surface area contributed by atoms with E-state index in [1.807, 2.05) is 30.3 Å². The summed E-state index contributed by atoms with van der Waals surface area (Å²) in [6, 6.07) is 13.3. The maximum Gasteiger partial charge on any atom is 0.305 e. The highest BCUT2D eigenvalue weighted by molar-refractivity contribution is 5.99. The SMILES string of the molecule is O=C(O)CC1C(=O)N(Cc2ccccc2)CCN1C(=O)c1ccc(F)cc1. The van der Waals surface area contributed by atoms with E-state index in [4.69, 9.17) is 0 Å². The topological polar surface area (TPSA) is 77.9 Å².